The van der Waals surface area contributed by atoms with E-state index >= 15 is 0 Å². The van der Waals surface area contributed by atoms with Gasteiger partial charge in [0.15, 0.2) is 5.78 Å². The van der Waals surface area contributed by atoms with Crippen LogP contribution in [-0.2, 0) is 7.05 Å². The van der Waals surface area contributed by atoms with Crippen molar-refractivity contribution >= 4 is 5.78 Å². The molecule has 2 rings (SSSR count). The number of rotatable bonds is 0. The molecule has 0 amide bonds. The van der Waals surface area contributed by atoms with Crippen LogP contribution in [0, 0.1) is 5.92 Å². The molecule has 0 spiro atoms. The fourth-order valence-corrected chi connectivity index (χ4v) is 2.19. The second kappa shape index (κ2) is 2.72. The van der Waals surface area contributed by atoms with Crippen LogP contribution in [0.2, 0.25) is 0 Å². The minimum absolute atomic E-state index is 0.307. The highest BCUT2D eigenvalue weighted by Crippen LogP contribution is 2.35. The first-order valence-electron chi connectivity index (χ1n) is 4.79. The molecule has 0 aliphatic heterocycles. The van der Waals surface area contributed by atoms with Gasteiger partial charge in [0.05, 0.1) is 0 Å². The summed E-state index contributed by atoms with van der Waals surface area (Å²) >= 11 is 0. The summed E-state index contributed by atoms with van der Waals surface area (Å²) in [5.74, 6) is 1.29. The van der Waals surface area contributed by atoms with Crippen LogP contribution in [0.1, 0.15) is 42.2 Å². The smallest absolute Gasteiger partial charge is 0.164 e. The second-order valence-corrected chi connectivity index (χ2v) is 4.12. The molecule has 1 heterocycles. The van der Waals surface area contributed by atoms with Crippen molar-refractivity contribution in [1.29, 1.82) is 0 Å². The van der Waals surface area contributed by atoms with E-state index < -0.39 is 0 Å². The summed E-state index contributed by atoms with van der Waals surface area (Å²) in [5.41, 5.74) is 2.15. The van der Waals surface area contributed by atoms with Crippen molar-refractivity contribution in [2.75, 3.05) is 0 Å². The molecule has 2 atom stereocenters. The molecule has 0 bridgehead atoms. The third-order valence-electron chi connectivity index (χ3n) is 3.21. The quantitative estimate of drug-likeness (QED) is 0.596. The van der Waals surface area contributed by atoms with Crippen LogP contribution in [0.25, 0.3) is 0 Å². The van der Waals surface area contributed by atoms with E-state index in [1.54, 1.807) is 0 Å². The number of nitrogens with zero attached hydrogens (tertiary/aromatic N) is 1. The molecule has 0 aromatic carbocycles. The van der Waals surface area contributed by atoms with Gasteiger partial charge in [0.2, 0.25) is 0 Å². The van der Waals surface area contributed by atoms with Crippen molar-refractivity contribution in [3.05, 3.63) is 23.5 Å². The molecule has 1 aliphatic rings. The van der Waals surface area contributed by atoms with E-state index in [1.165, 1.54) is 5.69 Å². The number of hydrogen-bond donors (Lipinski definition) is 0. The lowest BCUT2D eigenvalue weighted by molar-refractivity contribution is 0.0943. The van der Waals surface area contributed by atoms with Crippen LogP contribution in [0.5, 0.6) is 0 Å². The Kier molecular flexibility index (Phi) is 1.79. The zero-order chi connectivity index (χ0) is 9.59. The van der Waals surface area contributed by atoms with Gasteiger partial charge < -0.3 is 4.57 Å². The molecule has 0 radical (unpaired) electrons. The first kappa shape index (κ1) is 8.54. The number of hydrogen-bond acceptors (Lipinski definition) is 1. The Morgan fingerprint density at radius 3 is 2.85 bits per heavy atom. The Morgan fingerprint density at radius 1 is 1.46 bits per heavy atom. The molecule has 2 heteroatoms. The lowest BCUT2D eigenvalue weighted by atomic mass is 9.80. The van der Waals surface area contributed by atoms with Gasteiger partial charge in [0.25, 0.3) is 0 Å². The van der Waals surface area contributed by atoms with E-state index in [2.05, 4.69) is 18.4 Å². The van der Waals surface area contributed by atoms with Crippen LogP contribution in [-0.4, -0.2) is 10.4 Å². The number of carbonyl (C=O) groups is 1. The maximum absolute atomic E-state index is 11.6. The molecule has 0 unspecified atom stereocenters. The molecule has 13 heavy (non-hydrogen) atoms. The molecule has 0 saturated heterocycles. The molecule has 0 fully saturated rings. The van der Waals surface area contributed by atoms with E-state index in [0.717, 1.165) is 5.56 Å². The Hall–Kier alpha value is -1.05. The standard InChI is InChI=1S/C11H15NO/c1-7-6-10(13)9-4-5-12(3)11(9)8(7)2/h4-5,7-8H,6H2,1-3H3/t7-,8+/m0/s1. The predicted octanol–water partition coefficient (Wildman–Crippen LogP) is 2.35. The minimum Gasteiger partial charge on any atom is -0.354 e. The van der Waals surface area contributed by atoms with Gasteiger partial charge in [-0.25, -0.2) is 0 Å². The van der Waals surface area contributed by atoms with Crippen LogP contribution >= 0.6 is 0 Å². The van der Waals surface area contributed by atoms with Gasteiger partial charge in [-0.3, -0.25) is 4.79 Å². The van der Waals surface area contributed by atoms with Crippen LogP contribution < -0.4 is 0 Å². The normalized spacial score (nSPS) is 27.5. The summed E-state index contributed by atoms with van der Waals surface area (Å²) in [7, 11) is 2.01. The summed E-state index contributed by atoms with van der Waals surface area (Å²) < 4.78 is 2.08. The monoisotopic (exact) mass is 177 g/mol. The number of Topliss-reactive ketones (excluding diaryl/α,β-unsaturated/α-hetero) is 1. The summed E-state index contributed by atoms with van der Waals surface area (Å²) in [6, 6.07) is 1.94. The number of aryl methyl sites for hydroxylation is 1. The molecular formula is C11H15NO. The minimum atomic E-state index is 0.307. The summed E-state index contributed by atoms with van der Waals surface area (Å²) in [6.07, 6.45) is 2.69. The van der Waals surface area contributed by atoms with Gasteiger partial charge in [-0.15, -0.1) is 0 Å². The van der Waals surface area contributed by atoms with Gasteiger partial charge in [-0.2, -0.15) is 0 Å². The molecular weight excluding hydrogens is 162 g/mol. The summed E-state index contributed by atoms with van der Waals surface area (Å²) in [6.45, 7) is 4.36. The molecule has 1 aromatic rings. The highest BCUT2D eigenvalue weighted by Gasteiger charge is 2.30. The number of ketones is 1. The SMILES string of the molecule is C[C@H]1CC(=O)c2ccn(C)c2[C@@H]1C. The Labute approximate surface area is 78.6 Å². The average Bonchev–Trinajstić information content (AvgIpc) is 2.44. The topological polar surface area (TPSA) is 22.0 Å². The highest BCUT2D eigenvalue weighted by atomic mass is 16.1. The second-order valence-electron chi connectivity index (χ2n) is 4.12. The van der Waals surface area contributed by atoms with Gasteiger partial charge in [-0.05, 0) is 12.0 Å². The van der Waals surface area contributed by atoms with Crippen LogP contribution in [0.3, 0.4) is 0 Å². The Balaban J connectivity index is 2.56. The van der Waals surface area contributed by atoms with Gasteiger partial charge in [0, 0.05) is 36.8 Å². The van der Waals surface area contributed by atoms with E-state index in [9.17, 15) is 4.79 Å². The van der Waals surface area contributed by atoms with Crippen molar-refractivity contribution in [2.24, 2.45) is 13.0 Å². The number of carbonyl (C=O) groups excluding carboxylic acids is 1. The maximum atomic E-state index is 11.6. The molecule has 1 aromatic heterocycles. The number of fused-ring (bicyclic) bond motifs is 1. The summed E-state index contributed by atoms with van der Waals surface area (Å²) in [4.78, 5) is 11.6. The van der Waals surface area contributed by atoms with Gasteiger partial charge in [0.1, 0.15) is 0 Å². The van der Waals surface area contributed by atoms with E-state index in [0.29, 0.717) is 24.0 Å². The zero-order valence-corrected chi connectivity index (χ0v) is 8.37. The maximum Gasteiger partial charge on any atom is 0.164 e. The third kappa shape index (κ3) is 1.12. The van der Waals surface area contributed by atoms with Crippen molar-refractivity contribution in [3.63, 3.8) is 0 Å². The largest absolute Gasteiger partial charge is 0.354 e. The fraction of sp³-hybridized carbons (Fsp3) is 0.545. The van der Waals surface area contributed by atoms with Gasteiger partial charge >= 0.3 is 0 Å². The lowest BCUT2D eigenvalue weighted by Gasteiger charge is -2.26. The first-order chi connectivity index (χ1) is 6.11. The van der Waals surface area contributed by atoms with E-state index in [-0.39, 0.29) is 0 Å². The molecule has 0 saturated carbocycles. The van der Waals surface area contributed by atoms with Crippen molar-refractivity contribution < 1.29 is 4.79 Å². The predicted molar refractivity (Wildman–Crippen MR) is 51.9 cm³/mol. The van der Waals surface area contributed by atoms with Crippen molar-refractivity contribution in [2.45, 2.75) is 26.2 Å². The molecule has 0 N–H and O–H groups in total. The van der Waals surface area contributed by atoms with E-state index in [1.807, 2.05) is 19.3 Å². The number of aromatic nitrogens is 1. The lowest BCUT2D eigenvalue weighted by Crippen LogP contribution is -2.22. The molecule has 70 valence electrons. The zero-order valence-electron chi connectivity index (χ0n) is 8.37. The van der Waals surface area contributed by atoms with Crippen LogP contribution in [0.15, 0.2) is 12.3 Å². The average molecular weight is 177 g/mol. The highest BCUT2D eigenvalue weighted by molar-refractivity contribution is 5.98. The molecule has 1 aliphatic carbocycles. The van der Waals surface area contributed by atoms with Crippen molar-refractivity contribution in [1.82, 2.24) is 4.57 Å². The Morgan fingerprint density at radius 2 is 2.15 bits per heavy atom. The van der Waals surface area contributed by atoms with Gasteiger partial charge in [-0.1, -0.05) is 13.8 Å². The fourth-order valence-electron chi connectivity index (χ4n) is 2.19. The van der Waals surface area contributed by atoms with E-state index in [4.69, 9.17) is 0 Å². The summed E-state index contributed by atoms with van der Waals surface area (Å²) in [5, 5.41) is 0. The van der Waals surface area contributed by atoms with Crippen molar-refractivity contribution in [3.8, 4) is 0 Å². The third-order valence-corrected chi connectivity index (χ3v) is 3.21. The van der Waals surface area contributed by atoms with Crippen LogP contribution in [0.4, 0.5) is 0 Å². The first-order valence-corrected chi connectivity index (χ1v) is 4.79. The Bertz CT molecular complexity index is 351. The molecule has 2 nitrogen and oxygen atoms in total.